The summed E-state index contributed by atoms with van der Waals surface area (Å²) in [5.41, 5.74) is 5.22. The quantitative estimate of drug-likeness (QED) is 0.322. The number of hydrazone groups is 1. The second-order valence-electron chi connectivity index (χ2n) is 5.52. The highest BCUT2D eigenvalue weighted by Crippen LogP contribution is 2.22. The Morgan fingerprint density at radius 2 is 1.65 bits per heavy atom. The summed E-state index contributed by atoms with van der Waals surface area (Å²) in [6.07, 6.45) is 1.62. The zero-order valence-electron chi connectivity index (χ0n) is 13.9. The van der Waals surface area contributed by atoms with Crippen LogP contribution in [0, 0.1) is 0 Å². The van der Waals surface area contributed by atoms with E-state index in [2.05, 4.69) is 38.6 Å². The predicted octanol–water partition coefficient (Wildman–Crippen LogP) is 5.51. The van der Waals surface area contributed by atoms with Crippen molar-refractivity contribution < 1.29 is 4.79 Å². The number of nitrogens with one attached hydrogen (secondary N) is 1. The van der Waals surface area contributed by atoms with Crippen LogP contribution in [0.25, 0.3) is 0 Å². The molecule has 0 fully saturated rings. The van der Waals surface area contributed by atoms with Crippen molar-refractivity contribution in [2.24, 2.45) is 5.10 Å². The molecule has 3 rings (SSSR count). The Balaban J connectivity index is 1.54. The van der Waals surface area contributed by atoms with Crippen LogP contribution in [0.15, 0.2) is 93.3 Å². The zero-order valence-corrected chi connectivity index (χ0v) is 16.3. The molecule has 1 N–H and O–H groups in total. The molecule has 0 aliphatic rings. The van der Waals surface area contributed by atoms with Crippen molar-refractivity contribution >= 4 is 39.8 Å². The molecule has 0 heterocycles. The number of halogens is 1. The minimum atomic E-state index is -0.226. The van der Waals surface area contributed by atoms with E-state index in [0.29, 0.717) is 5.56 Å². The van der Waals surface area contributed by atoms with Crippen molar-refractivity contribution in [1.82, 2.24) is 5.43 Å². The number of hydrogen-bond donors (Lipinski definition) is 1. The monoisotopic (exact) mass is 424 g/mol. The summed E-state index contributed by atoms with van der Waals surface area (Å²) in [5, 5.41) is 4.02. The molecule has 130 valence electrons. The lowest BCUT2D eigenvalue weighted by molar-refractivity contribution is 0.0955. The fourth-order valence-corrected chi connectivity index (χ4v) is 3.50. The second kappa shape index (κ2) is 9.36. The predicted molar refractivity (Wildman–Crippen MR) is 112 cm³/mol. The van der Waals surface area contributed by atoms with E-state index in [9.17, 15) is 4.79 Å². The van der Waals surface area contributed by atoms with Gasteiger partial charge in [-0.25, -0.2) is 5.43 Å². The van der Waals surface area contributed by atoms with Gasteiger partial charge in [-0.3, -0.25) is 4.79 Å². The van der Waals surface area contributed by atoms with E-state index in [4.69, 9.17) is 0 Å². The van der Waals surface area contributed by atoms with Crippen molar-refractivity contribution in [3.63, 3.8) is 0 Å². The number of carbonyl (C=O) groups is 1. The first kappa shape index (κ1) is 18.4. The largest absolute Gasteiger partial charge is 0.271 e. The van der Waals surface area contributed by atoms with Crippen molar-refractivity contribution in [2.75, 3.05) is 0 Å². The summed E-state index contributed by atoms with van der Waals surface area (Å²) in [5.74, 6) is 0.641. The fourth-order valence-electron chi connectivity index (χ4n) is 2.24. The molecular weight excluding hydrogens is 408 g/mol. The lowest BCUT2D eigenvalue weighted by atomic mass is 10.1. The highest BCUT2D eigenvalue weighted by Gasteiger charge is 2.04. The van der Waals surface area contributed by atoms with Gasteiger partial charge in [0.2, 0.25) is 0 Å². The van der Waals surface area contributed by atoms with Crippen molar-refractivity contribution in [1.29, 1.82) is 0 Å². The van der Waals surface area contributed by atoms with Gasteiger partial charge in [-0.2, -0.15) is 5.10 Å². The van der Waals surface area contributed by atoms with Gasteiger partial charge in [0.25, 0.3) is 5.91 Å². The number of hydrogen-bond acceptors (Lipinski definition) is 3. The van der Waals surface area contributed by atoms with Gasteiger partial charge < -0.3 is 0 Å². The van der Waals surface area contributed by atoms with Crippen LogP contribution < -0.4 is 5.43 Å². The number of amides is 1. The van der Waals surface area contributed by atoms with Gasteiger partial charge in [0.15, 0.2) is 0 Å². The Kier molecular flexibility index (Phi) is 6.63. The molecule has 0 aromatic heterocycles. The van der Waals surface area contributed by atoms with E-state index in [1.165, 1.54) is 10.5 Å². The van der Waals surface area contributed by atoms with Crippen LogP contribution in [0.4, 0.5) is 0 Å². The zero-order chi connectivity index (χ0) is 18.2. The molecule has 0 saturated heterocycles. The first-order chi connectivity index (χ1) is 12.7. The van der Waals surface area contributed by atoms with Crippen LogP contribution in [-0.4, -0.2) is 12.1 Å². The molecule has 0 aliphatic carbocycles. The third-order valence-corrected chi connectivity index (χ3v) is 5.45. The SMILES string of the molecule is O=C(N/N=C\c1ccccc1Br)c1ccc(CSc2ccccc2)cc1. The maximum atomic E-state index is 12.2. The molecule has 0 spiro atoms. The maximum Gasteiger partial charge on any atom is 0.271 e. The van der Waals surface area contributed by atoms with Gasteiger partial charge in [-0.1, -0.05) is 64.5 Å². The van der Waals surface area contributed by atoms with Gasteiger partial charge in [-0.15, -0.1) is 11.8 Å². The molecule has 3 nitrogen and oxygen atoms in total. The summed E-state index contributed by atoms with van der Waals surface area (Å²) in [6.45, 7) is 0. The highest BCUT2D eigenvalue weighted by molar-refractivity contribution is 9.10. The molecule has 3 aromatic carbocycles. The van der Waals surface area contributed by atoms with Gasteiger partial charge >= 0.3 is 0 Å². The van der Waals surface area contributed by atoms with Crippen LogP contribution in [0.2, 0.25) is 0 Å². The number of rotatable bonds is 6. The average Bonchev–Trinajstić information content (AvgIpc) is 2.69. The van der Waals surface area contributed by atoms with E-state index in [-0.39, 0.29) is 5.91 Å². The molecule has 0 saturated carbocycles. The Labute approximate surface area is 165 Å². The Morgan fingerprint density at radius 3 is 2.38 bits per heavy atom. The van der Waals surface area contributed by atoms with E-state index in [1.807, 2.05) is 66.7 Å². The smallest absolute Gasteiger partial charge is 0.267 e. The van der Waals surface area contributed by atoms with Crippen molar-refractivity contribution in [3.05, 3.63) is 100 Å². The molecule has 26 heavy (non-hydrogen) atoms. The summed E-state index contributed by atoms with van der Waals surface area (Å²) in [7, 11) is 0. The first-order valence-corrected chi connectivity index (χ1v) is 9.85. The van der Waals surface area contributed by atoms with Gasteiger partial charge in [0.05, 0.1) is 6.21 Å². The Hall–Kier alpha value is -2.37. The Morgan fingerprint density at radius 1 is 0.962 bits per heavy atom. The number of carbonyl (C=O) groups excluding carboxylic acids is 1. The molecule has 0 unspecified atom stereocenters. The lowest BCUT2D eigenvalue weighted by Crippen LogP contribution is -2.17. The van der Waals surface area contributed by atoms with E-state index >= 15 is 0 Å². The molecule has 0 bridgehead atoms. The van der Waals surface area contributed by atoms with Gasteiger partial charge in [0.1, 0.15) is 0 Å². The number of nitrogens with zero attached hydrogens (tertiary/aromatic N) is 1. The topological polar surface area (TPSA) is 41.5 Å². The number of thioether (sulfide) groups is 1. The van der Waals surface area contributed by atoms with Crippen LogP contribution in [0.5, 0.6) is 0 Å². The van der Waals surface area contributed by atoms with Crippen molar-refractivity contribution in [3.8, 4) is 0 Å². The van der Waals surface area contributed by atoms with Gasteiger partial charge in [0, 0.05) is 26.2 Å². The van der Waals surface area contributed by atoms with E-state index in [0.717, 1.165) is 15.8 Å². The molecule has 0 atom stereocenters. The summed E-state index contributed by atoms with van der Waals surface area (Å²) >= 11 is 5.21. The van der Waals surface area contributed by atoms with Gasteiger partial charge in [-0.05, 0) is 35.9 Å². The molecule has 3 aromatic rings. The van der Waals surface area contributed by atoms with Crippen LogP contribution in [-0.2, 0) is 5.75 Å². The summed E-state index contributed by atoms with van der Waals surface area (Å²) in [6, 6.07) is 25.5. The van der Waals surface area contributed by atoms with Crippen LogP contribution >= 0.6 is 27.7 Å². The molecule has 1 amide bonds. The molecule has 0 aliphatic heterocycles. The fraction of sp³-hybridized carbons (Fsp3) is 0.0476. The average molecular weight is 425 g/mol. The lowest BCUT2D eigenvalue weighted by Gasteiger charge is -2.04. The van der Waals surface area contributed by atoms with Crippen LogP contribution in [0.1, 0.15) is 21.5 Å². The first-order valence-electron chi connectivity index (χ1n) is 8.07. The summed E-state index contributed by atoms with van der Waals surface area (Å²) < 4.78 is 0.929. The summed E-state index contributed by atoms with van der Waals surface area (Å²) in [4.78, 5) is 13.4. The number of benzene rings is 3. The minimum absolute atomic E-state index is 0.226. The maximum absolute atomic E-state index is 12.2. The second-order valence-corrected chi connectivity index (χ2v) is 7.42. The molecule has 5 heteroatoms. The highest BCUT2D eigenvalue weighted by atomic mass is 79.9. The Bertz CT molecular complexity index is 895. The third-order valence-electron chi connectivity index (χ3n) is 3.64. The standard InChI is InChI=1S/C21H17BrN2OS/c22-20-9-5-4-6-18(20)14-23-24-21(25)17-12-10-16(11-13-17)15-26-19-7-2-1-3-8-19/h1-14H,15H2,(H,24,25)/b23-14-. The third kappa shape index (κ3) is 5.31. The van der Waals surface area contributed by atoms with E-state index < -0.39 is 0 Å². The molecular formula is C21H17BrN2OS. The van der Waals surface area contributed by atoms with Crippen molar-refractivity contribution in [2.45, 2.75) is 10.6 Å². The molecule has 0 radical (unpaired) electrons. The van der Waals surface area contributed by atoms with Crippen LogP contribution in [0.3, 0.4) is 0 Å². The normalized spacial score (nSPS) is 10.8. The van der Waals surface area contributed by atoms with E-state index in [1.54, 1.807) is 18.0 Å². The minimum Gasteiger partial charge on any atom is -0.267 e.